The number of nitrogens with one attached hydrogen (secondary N) is 2. The number of carbonyl (C=O) groups is 1. The third-order valence-electron chi connectivity index (χ3n) is 3.78. The molecule has 0 saturated heterocycles. The van der Waals surface area contributed by atoms with Gasteiger partial charge >= 0.3 is 0 Å². The molecule has 29 heavy (non-hydrogen) atoms. The van der Waals surface area contributed by atoms with Gasteiger partial charge in [0.05, 0.1) is 5.02 Å². The molecule has 1 amide bonds. The van der Waals surface area contributed by atoms with E-state index in [0.29, 0.717) is 16.3 Å². The number of sulfonamides is 1. The molecule has 0 heterocycles. The number of amides is 1. The van der Waals surface area contributed by atoms with Crippen LogP contribution in [-0.2, 0) is 10.0 Å². The fourth-order valence-electron chi connectivity index (χ4n) is 2.38. The zero-order valence-corrected chi connectivity index (χ0v) is 17.6. The predicted octanol–water partition coefficient (Wildman–Crippen LogP) is 5.41. The number of phenolic OH excluding ortho intramolecular Hbond substituents is 1. The van der Waals surface area contributed by atoms with Crippen LogP contribution in [0, 0.1) is 0 Å². The number of hydrogen-bond donors (Lipinski definition) is 3. The Bertz CT molecular complexity index is 1170. The highest BCUT2D eigenvalue weighted by molar-refractivity contribution is 7.92. The minimum Gasteiger partial charge on any atom is -0.505 e. The summed E-state index contributed by atoms with van der Waals surface area (Å²) in [5.41, 5.74) is 1.07. The lowest BCUT2D eigenvalue weighted by molar-refractivity contribution is 0.102. The van der Waals surface area contributed by atoms with E-state index >= 15 is 0 Å². The lowest BCUT2D eigenvalue weighted by Crippen LogP contribution is -2.14. The standard InChI is InChI=1S/C19H13Cl3N2O4S/c20-12-3-7-14(8-4-12)23-19(26)11-1-5-15(6-2-11)24-29(27,28)17-10-13(21)9-16(22)18(17)25/h1-10,24-25H,(H,23,26). The molecular formula is C19H13Cl3N2O4S. The van der Waals surface area contributed by atoms with Gasteiger partial charge in [0, 0.05) is 27.0 Å². The topological polar surface area (TPSA) is 95.5 Å². The van der Waals surface area contributed by atoms with Gasteiger partial charge in [-0.05, 0) is 60.7 Å². The van der Waals surface area contributed by atoms with Gasteiger partial charge in [0.25, 0.3) is 15.9 Å². The van der Waals surface area contributed by atoms with Gasteiger partial charge in [-0.1, -0.05) is 34.8 Å². The van der Waals surface area contributed by atoms with Crippen LogP contribution in [0.15, 0.2) is 65.6 Å². The Labute approximate surface area is 182 Å². The highest BCUT2D eigenvalue weighted by Gasteiger charge is 2.22. The molecule has 3 aromatic rings. The Morgan fingerprint density at radius 1 is 0.828 bits per heavy atom. The van der Waals surface area contributed by atoms with Gasteiger partial charge in [0.1, 0.15) is 4.90 Å². The smallest absolute Gasteiger partial charge is 0.265 e. The Balaban J connectivity index is 1.76. The monoisotopic (exact) mass is 470 g/mol. The van der Waals surface area contributed by atoms with Crippen molar-refractivity contribution in [1.29, 1.82) is 0 Å². The molecule has 0 atom stereocenters. The van der Waals surface area contributed by atoms with Gasteiger partial charge in [-0.2, -0.15) is 0 Å². The summed E-state index contributed by atoms with van der Waals surface area (Å²) in [5.74, 6) is -0.983. The summed E-state index contributed by atoms with van der Waals surface area (Å²) in [4.78, 5) is 11.8. The number of carbonyl (C=O) groups excluding carboxylic acids is 1. The van der Waals surface area contributed by atoms with Gasteiger partial charge in [0.2, 0.25) is 0 Å². The minimum atomic E-state index is -4.16. The Kier molecular flexibility index (Phi) is 6.24. The molecule has 3 aromatic carbocycles. The summed E-state index contributed by atoms with van der Waals surface area (Å²) in [6, 6.07) is 14.7. The number of aromatic hydroxyl groups is 1. The van der Waals surface area contributed by atoms with Gasteiger partial charge in [-0.3, -0.25) is 9.52 Å². The van der Waals surface area contributed by atoms with Crippen molar-refractivity contribution in [2.24, 2.45) is 0 Å². The van der Waals surface area contributed by atoms with E-state index < -0.39 is 20.7 Å². The van der Waals surface area contributed by atoms with E-state index in [0.717, 1.165) is 6.07 Å². The van der Waals surface area contributed by atoms with E-state index in [-0.39, 0.29) is 21.6 Å². The molecule has 0 bridgehead atoms. The van der Waals surface area contributed by atoms with Gasteiger partial charge < -0.3 is 10.4 Å². The third kappa shape index (κ3) is 5.13. The lowest BCUT2D eigenvalue weighted by atomic mass is 10.2. The first-order valence-corrected chi connectivity index (χ1v) is 10.7. The van der Waals surface area contributed by atoms with Crippen LogP contribution < -0.4 is 10.0 Å². The maximum atomic E-state index is 12.5. The second-order valence-corrected chi connectivity index (χ2v) is 8.81. The number of anilines is 2. The Morgan fingerprint density at radius 2 is 1.41 bits per heavy atom. The normalized spacial score (nSPS) is 11.1. The molecule has 3 rings (SSSR count). The number of phenols is 1. The molecule has 0 spiro atoms. The SMILES string of the molecule is O=C(Nc1ccc(Cl)cc1)c1ccc(NS(=O)(=O)c2cc(Cl)cc(Cl)c2O)cc1. The van der Waals surface area contributed by atoms with Crippen LogP contribution in [0.5, 0.6) is 5.75 Å². The molecule has 0 aliphatic carbocycles. The Hall–Kier alpha value is -2.45. The van der Waals surface area contributed by atoms with Crippen molar-refractivity contribution in [2.45, 2.75) is 4.90 Å². The van der Waals surface area contributed by atoms with Crippen molar-refractivity contribution < 1.29 is 18.3 Å². The van der Waals surface area contributed by atoms with Crippen LogP contribution in [0.25, 0.3) is 0 Å². The molecule has 6 nitrogen and oxygen atoms in total. The van der Waals surface area contributed by atoms with Crippen LogP contribution >= 0.6 is 34.8 Å². The average molecular weight is 472 g/mol. The number of benzene rings is 3. The van der Waals surface area contributed by atoms with Gasteiger partial charge in [-0.25, -0.2) is 8.42 Å². The summed E-state index contributed by atoms with van der Waals surface area (Å²) in [5, 5.41) is 13.1. The van der Waals surface area contributed by atoms with Crippen LogP contribution in [-0.4, -0.2) is 19.4 Å². The second-order valence-electron chi connectivity index (χ2n) is 5.88. The summed E-state index contributed by atoms with van der Waals surface area (Å²) in [6.07, 6.45) is 0. The maximum Gasteiger partial charge on any atom is 0.265 e. The fourth-order valence-corrected chi connectivity index (χ4v) is 4.33. The van der Waals surface area contributed by atoms with Crippen molar-refractivity contribution >= 4 is 62.1 Å². The molecule has 10 heteroatoms. The van der Waals surface area contributed by atoms with E-state index in [2.05, 4.69) is 10.0 Å². The highest BCUT2D eigenvalue weighted by atomic mass is 35.5. The first-order chi connectivity index (χ1) is 13.7. The van der Waals surface area contributed by atoms with E-state index in [1.54, 1.807) is 24.3 Å². The first-order valence-electron chi connectivity index (χ1n) is 8.03. The summed E-state index contributed by atoms with van der Waals surface area (Å²) in [7, 11) is -4.16. The Morgan fingerprint density at radius 3 is 2.03 bits per heavy atom. The third-order valence-corrected chi connectivity index (χ3v) is 5.94. The quantitative estimate of drug-likeness (QED) is 0.464. The summed E-state index contributed by atoms with van der Waals surface area (Å²) < 4.78 is 27.4. The van der Waals surface area contributed by atoms with Gasteiger partial charge in [-0.15, -0.1) is 0 Å². The second kappa shape index (κ2) is 8.51. The van der Waals surface area contributed by atoms with Crippen LogP contribution in [0.1, 0.15) is 10.4 Å². The van der Waals surface area contributed by atoms with Crippen LogP contribution in [0.2, 0.25) is 15.1 Å². The van der Waals surface area contributed by atoms with E-state index in [4.69, 9.17) is 34.8 Å². The van der Waals surface area contributed by atoms with E-state index in [1.807, 2.05) is 0 Å². The molecule has 0 saturated carbocycles. The van der Waals surface area contributed by atoms with E-state index in [1.165, 1.54) is 30.3 Å². The zero-order valence-electron chi connectivity index (χ0n) is 14.5. The molecule has 3 N–H and O–H groups in total. The molecule has 0 aromatic heterocycles. The van der Waals surface area contributed by atoms with Gasteiger partial charge in [0.15, 0.2) is 5.75 Å². The maximum absolute atomic E-state index is 12.5. The van der Waals surface area contributed by atoms with Crippen molar-refractivity contribution in [3.63, 3.8) is 0 Å². The largest absolute Gasteiger partial charge is 0.505 e. The molecule has 150 valence electrons. The molecule has 0 aliphatic rings. The summed E-state index contributed by atoms with van der Waals surface area (Å²) >= 11 is 17.4. The molecule has 0 fully saturated rings. The molecule has 0 unspecified atom stereocenters. The minimum absolute atomic E-state index is 0.0578. The van der Waals surface area contributed by atoms with Crippen molar-refractivity contribution in [3.05, 3.63) is 81.3 Å². The fraction of sp³-hybridized carbons (Fsp3) is 0. The first kappa shape index (κ1) is 21.3. The van der Waals surface area contributed by atoms with Crippen molar-refractivity contribution in [3.8, 4) is 5.75 Å². The highest BCUT2D eigenvalue weighted by Crippen LogP contribution is 2.35. The molecular weight excluding hydrogens is 459 g/mol. The number of hydrogen-bond acceptors (Lipinski definition) is 4. The van der Waals surface area contributed by atoms with Crippen LogP contribution in [0.4, 0.5) is 11.4 Å². The molecule has 0 aliphatic heterocycles. The van der Waals surface area contributed by atoms with Crippen molar-refractivity contribution in [2.75, 3.05) is 10.0 Å². The van der Waals surface area contributed by atoms with E-state index in [9.17, 15) is 18.3 Å². The zero-order chi connectivity index (χ0) is 21.2. The lowest BCUT2D eigenvalue weighted by Gasteiger charge is -2.11. The predicted molar refractivity (Wildman–Crippen MR) is 115 cm³/mol. The number of rotatable bonds is 5. The summed E-state index contributed by atoms with van der Waals surface area (Å²) in [6.45, 7) is 0. The van der Waals surface area contributed by atoms with Crippen LogP contribution in [0.3, 0.4) is 0 Å². The number of halogens is 3. The van der Waals surface area contributed by atoms with Crippen molar-refractivity contribution in [1.82, 2.24) is 0 Å². The molecule has 0 radical (unpaired) electrons. The average Bonchev–Trinajstić information content (AvgIpc) is 2.66.